The van der Waals surface area contributed by atoms with E-state index in [9.17, 15) is 12.8 Å². The SMILES string of the molecule is N#CCCN(CC1CCCO1)S(=O)(=O)c1cccc(F)c1. The van der Waals surface area contributed by atoms with Crippen molar-refractivity contribution in [1.82, 2.24) is 4.31 Å². The van der Waals surface area contributed by atoms with Crippen molar-refractivity contribution >= 4 is 10.0 Å². The molecule has 1 aliphatic rings. The summed E-state index contributed by atoms with van der Waals surface area (Å²) in [7, 11) is -3.82. The first-order valence-corrected chi connectivity index (χ1v) is 8.22. The van der Waals surface area contributed by atoms with E-state index >= 15 is 0 Å². The number of hydrogen-bond acceptors (Lipinski definition) is 4. The molecule has 0 bridgehead atoms. The smallest absolute Gasteiger partial charge is 0.243 e. The molecule has 1 atom stereocenters. The van der Waals surface area contributed by atoms with Gasteiger partial charge in [-0.3, -0.25) is 0 Å². The van der Waals surface area contributed by atoms with Crippen LogP contribution >= 0.6 is 0 Å². The van der Waals surface area contributed by atoms with E-state index in [0.717, 1.165) is 18.9 Å². The van der Waals surface area contributed by atoms with Crippen LogP contribution in [0.2, 0.25) is 0 Å². The fraction of sp³-hybridized carbons (Fsp3) is 0.500. The van der Waals surface area contributed by atoms with Gasteiger partial charge in [0, 0.05) is 26.1 Å². The van der Waals surface area contributed by atoms with E-state index in [-0.39, 0.29) is 30.5 Å². The molecule has 5 nitrogen and oxygen atoms in total. The van der Waals surface area contributed by atoms with Gasteiger partial charge in [0.05, 0.1) is 17.1 Å². The van der Waals surface area contributed by atoms with Crippen molar-refractivity contribution in [2.24, 2.45) is 0 Å². The molecule has 0 radical (unpaired) electrons. The number of nitriles is 1. The van der Waals surface area contributed by atoms with E-state index in [1.807, 2.05) is 6.07 Å². The minimum absolute atomic E-state index is 0.0786. The van der Waals surface area contributed by atoms with Gasteiger partial charge in [-0.25, -0.2) is 12.8 Å². The molecule has 1 aliphatic heterocycles. The molecule has 0 spiro atoms. The average Bonchev–Trinajstić information content (AvgIpc) is 2.96. The molecule has 7 heteroatoms. The van der Waals surface area contributed by atoms with Crippen LogP contribution in [-0.2, 0) is 14.8 Å². The molecule has 114 valence electrons. The Bertz CT molecular complexity index is 621. The molecule has 1 aromatic carbocycles. The maximum atomic E-state index is 13.3. The van der Waals surface area contributed by atoms with Crippen LogP contribution in [0.15, 0.2) is 29.2 Å². The number of nitrogens with zero attached hydrogens (tertiary/aromatic N) is 2. The zero-order valence-electron chi connectivity index (χ0n) is 11.5. The molecule has 0 amide bonds. The van der Waals surface area contributed by atoms with Gasteiger partial charge in [0.25, 0.3) is 0 Å². The first-order chi connectivity index (χ1) is 10.0. The third-order valence-electron chi connectivity index (χ3n) is 3.34. The molecular weight excluding hydrogens is 295 g/mol. The highest BCUT2D eigenvalue weighted by molar-refractivity contribution is 7.89. The van der Waals surface area contributed by atoms with Gasteiger partial charge >= 0.3 is 0 Å². The summed E-state index contributed by atoms with van der Waals surface area (Å²) in [4.78, 5) is -0.0987. The molecule has 1 saturated heterocycles. The summed E-state index contributed by atoms with van der Waals surface area (Å²) in [5, 5.41) is 8.69. The zero-order chi connectivity index (χ0) is 15.3. The van der Waals surface area contributed by atoms with Crippen LogP contribution in [0.1, 0.15) is 19.3 Å². The van der Waals surface area contributed by atoms with Crippen LogP contribution < -0.4 is 0 Å². The Labute approximate surface area is 124 Å². The third kappa shape index (κ3) is 4.00. The first kappa shape index (κ1) is 15.9. The second-order valence-corrected chi connectivity index (χ2v) is 6.80. The average molecular weight is 312 g/mol. The number of sulfonamides is 1. The van der Waals surface area contributed by atoms with Crippen molar-refractivity contribution in [2.45, 2.75) is 30.3 Å². The minimum Gasteiger partial charge on any atom is -0.377 e. The van der Waals surface area contributed by atoms with Gasteiger partial charge in [-0.15, -0.1) is 0 Å². The van der Waals surface area contributed by atoms with Crippen LogP contribution in [0.4, 0.5) is 4.39 Å². The Morgan fingerprint density at radius 1 is 1.48 bits per heavy atom. The summed E-state index contributed by atoms with van der Waals surface area (Å²) in [6, 6.07) is 6.83. The number of rotatable bonds is 6. The van der Waals surface area contributed by atoms with Gasteiger partial charge < -0.3 is 4.74 Å². The maximum Gasteiger partial charge on any atom is 0.243 e. The van der Waals surface area contributed by atoms with Crippen molar-refractivity contribution in [1.29, 1.82) is 5.26 Å². The van der Waals surface area contributed by atoms with Gasteiger partial charge in [-0.05, 0) is 31.0 Å². The Morgan fingerprint density at radius 2 is 2.29 bits per heavy atom. The van der Waals surface area contributed by atoms with Crippen molar-refractivity contribution in [3.63, 3.8) is 0 Å². The number of benzene rings is 1. The van der Waals surface area contributed by atoms with Crippen LogP contribution in [0, 0.1) is 17.1 Å². The van der Waals surface area contributed by atoms with Gasteiger partial charge in [0.2, 0.25) is 10.0 Å². The van der Waals surface area contributed by atoms with Crippen molar-refractivity contribution in [2.75, 3.05) is 19.7 Å². The number of ether oxygens (including phenoxy) is 1. The molecule has 1 fully saturated rings. The maximum absolute atomic E-state index is 13.3. The third-order valence-corrected chi connectivity index (χ3v) is 5.20. The lowest BCUT2D eigenvalue weighted by molar-refractivity contribution is 0.0941. The second kappa shape index (κ2) is 6.98. The normalized spacial score (nSPS) is 18.8. The van der Waals surface area contributed by atoms with E-state index in [4.69, 9.17) is 10.00 Å². The van der Waals surface area contributed by atoms with Crippen molar-refractivity contribution in [3.05, 3.63) is 30.1 Å². The highest BCUT2D eigenvalue weighted by Crippen LogP contribution is 2.20. The molecule has 21 heavy (non-hydrogen) atoms. The van der Waals surface area contributed by atoms with E-state index < -0.39 is 15.8 Å². The number of hydrogen-bond donors (Lipinski definition) is 0. The van der Waals surface area contributed by atoms with Crippen LogP contribution in [-0.4, -0.2) is 38.5 Å². The molecule has 1 aromatic rings. The van der Waals surface area contributed by atoms with Gasteiger partial charge in [-0.2, -0.15) is 9.57 Å². The highest BCUT2D eigenvalue weighted by atomic mass is 32.2. The van der Waals surface area contributed by atoms with Crippen LogP contribution in [0.3, 0.4) is 0 Å². The Kier molecular flexibility index (Phi) is 5.28. The topological polar surface area (TPSA) is 70.4 Å². The summed E-state index contributed by atoms with van der Waals surface area (Å²) in [5.41, 5.74) is 0. The summed E-state index contributed by atoms with van der Waals surface area (Å²) < 4.78 is 45.1. The molecule has 0 saturated carbocycles. The lowest BCUT2D eigenvalue weighted by Gasteiger charge is -2.24. The first-order valence-electron chi connectivity index (χ1n) is 6.78. The monoisotopic (exact) mass is 312 g/mol. The predicted molar refractivity (Wildman–Crippen MR) is 74.4 cm³/mol. The molecule has 1 unspecified atom stereocenters. The van der Waals surface area contributed by atoms with Crippen LogP contribution in [0.5, 0.6) is 0 Å². The van der Waals surface area contributed by atoms with Crippen molar-refractivity contribution in [3.8, 4) is 6.07 Å². The fourth-order valence-electron chi connectivity index (χ4n) is 2.28. The Morgan fingerprint density at radius 3 is 2.90 bits per heavy atom. The summed E-state index contributed by atoms with van der Waals surface area (Å²) >= 11 is 0. The highest BCUT2D eigenvalue weighted by Gasteiger charge is 2.28. The molecule has 0 N–H and O–H groups in total. The van der Waals surface area contributed by atoms with E-state index in [1.165, 1.54) is 22.5 Å². The molecule has 1 heterocycles. The minimum atomic E-state index is -3.82. The lowest BCUT2D eigenvalue weighted by atomic mass is 10.2. The second-order valence-electron chi connectivity index (χ2n) is 4.86. The summed E-state index contributed by atoms with van der Waals surface area (Å²) in [6.45, 7) is 0.895. The predicted octanol–water partition coefficient (Wildman–Crippen LogP) is 1.91. The molecular formula is C14H17FN2O3S. The standard InChI is InChI=1S/C14H17FN2O3S/c15-12-4-1-6-14(10-12)21(18,19)17(8-3-7-16)11-13-5-2-9-20-13/h1,4,6,10,13H,2-3,5,8-9,11H2. The summed E-state index contributed by atoms with van der Waals surface area (Å²) in [5.74, 6) is -0.603. The quantitative estimate of drug-likeness (QED) is 0.804. The molecule has 0 aliphatic carbocycles. The van der Waals surface area contributed by atoms with Gasteiger partial charge in [-0.1, -0.05) is 6.07 Å². The van der Waals surface area contributed by atoms with E-state index in [0.29, 0.717) is 6.61 Å². The fourth-order valence-corrected chi connectivity index (χ4v) is 3.78. The van der Waals surface area contributed by atoms with Gasteiger partial charge in [0.1, 0.15) is 5.82 Å². The van der Waals surface area contributed by atoms with Gasteiger partial charge in [0.15, 0.2) is 0 Å². The van der Waals surface area contributed by atoms with Crippen LogP contribution in [0.25, 0.3) is 0 Å². The largest absolute Gasteiger partial charge is 0.377 e. The van der Waals surface area contributed by atoms with E-state index in [2.05, 4.69) is 0 Å². The Hall–Kier alpha value is -1.49. The number of halogens is 1. The van der Waals surface area contributed by atoms with E-state index in [1.54, 1.807) is 0 Å². The molecule has 2 rings (SSSR count). The zero-order valence-corrected chi connectivity index (χ0v) is 12.4. The lowest BCUT2D eigenvalue weighted by Crippen LogP contribution is -2.38. The summed E-state index contributed by atoms with van der Waals surface area (Å²) in [6.07, 6.45) is 1.62. The Balaban J connectivity index is 2.23. The molecule has 0 aromatic heterocycles. The van der Waals surface area contributed by atoms with Crippen molar-refractivity contribution < 1.29 is 17.5 Å².